The molecular formula is C31H42N2O6S. The van der Waals surface area contributed by atoms with E-state index in [-0.39, 0.29) is 10.3 Å². The monoisotopic (exact) mass is 570 g/mol. The van der Waals surface area contributed by atoms with Crippen molar-refractivity contribution >= 4 is 22.0 Å². The van der Waals surface area contributed by atoms with Crippen molar-refractivity contribution in [3.8, 4) is 0 Å². The number of hydrogen-bond donors (Lipinski definition) is 0. The third-order valence-corrected chi connectivity index (χ3v) is 10.4. The van der Waals surface area contributed by atoms with Crippen molar-refractivity contribution in [1.82, 2.24) is 9.21 Å². The molecule has 2 aliphatic rings. The second-order valence-electron chi connectivity index (χ2n) is 11.6. The normalized spacial score (nSPS) is 21.1. The molecule has 1 saturated heterocycles. The van der Waals surface area contributed by atoms with E-state index in [1.54, 1.807) is 7.05 Å². The largest absolute Gasteiger partial charge is 0.421 e. The summed E-state index contributed by atoms with van der Waals surface area (Å²) in [4.78, 5) is 25.6. The number of carbonyl (C=O) groups excluding carboxylic acids is 2. The van der Waals surface area contributed by atoms with Crippen LogP contribution in [-0.4, -0.2) is 62.8 Å². The highest BCUT2D eigenvalue weighted by Gasteiger charge is 2.36. The van der Waals surface area contributed by atoms with Crippen LogP contribution in [0.15, 0.2) is 59.5 Å². The molecule has 8 nitrogen and oxygen atoms in total. The molecule has 4 rings (SSSR count). The second-order valence-corrected chi connectivity index (χ2v) is 13.6. The standard InChI is InChI=1S/C31H42N2O6S/c1-23(34)38-30(39-24(2)35)26-13-15-29(16-14-26)40(36,37)32(4)22-31(3,28-11-6-5-7-12-28)18-20-33-19-17-25-9-8-10-27(25)21-33/h5-7,11-16,25,27,30H,8-10,17-22H2,1-4H3. The molecule has 3 atom stereocenters. The van der Waals surface area contributed by atoms with Gasteiger partial charge in [0.25, 0.3) is 6.29 Å². The quantitative estimate of drug-likeness (QED) is 0.280. The smallest absolute Gasteiger partial charge is 0.305 e. The maximum absolute atomic E-state index is 13.7. The van der Waals surface area contributed by atoms with Gasteiger partial charge in [-0.05, 0) is 61.9 Å². The predicted octanol–water partition coefficient (Wildman–Crippen LogP) is 4.90. The van der Waals surface area contributed by atoms with E-state index in [1.165, 1.54) is 68.1 Å². The maximum Gasteiger partial charge on any atom is 0.305 e. The number of hydrogen-bond acceptors (Lipinski definition) is 7. The predicted molar refractivity (Wildman–Crippen MR) is 153 cm³/mol. The Labute approximate surface area is 238 Å². The van der Waals surface area contributed by atoms with Crippen LogP contribution >= 0.6 is 0 Å². The summed E-state index contributed by atoms with van der Waals surface area (Å²) < 4.78 is 38.9. The first kappa shape index (κ1) is 30.2. The molecule has 0 amide bonds. The Morgan fingerprint density at radius 3 is 2.23 bits per heavy atom. The Bertz CT molecular complexity index is 1250. The molecule has 0 aromatic heterocycles. The third-order valence-electron chi connectivity index (χ3n) is 8.55. The van der Waals surface area contributed by atoms with E-state index in [2.05, 4.69) is 24.0 Å². The lowest BCUT2D eigenvalue weighted by Gasteiger charge is -2.39. The summed E-state index contributed by atoms with van der Waals surface area (Å²) in [7, 11) is -2.20. The second kappa shape index (κ2) is 12.8. The summed E-state index contributed by atoms with van der Waals surface area (Å²) in [5, 5.41) is 0. The number of rotatable bonds is 11. The number of benzene rings is 2. The van der Waals surface area contributed by atoms with Crippen LogP contribution < -0.4 is 0 Å². The number of sulfonamides is 1. The Morgan fingerprint density at radius 1 is 0.975 bits per heavy atom. The van der Waals surface area contributed by atoms with Crippen LogP contribution in [0.2, 0.25) is 0 Å². The highest BCUT2D eigenvalue weighted by Crippen LogP contribution is 2.38. The fourth-order valence-corrected chi connectivity index (χ4v) is 7.58. The fraction of sp³-hybridized carbons (Fsp3) is 0.548. The van der Waals surface area contributed by atoms with Crippen LogP contribution in [0.1, 0.15) is 70.3 Å². The van der Waals surface area contributed by atoms with Gasteiger partial charge in [0, 0.05) is 45.0 Å². The van der Waals surface area contributed by atoms with Crippen molar-refractivity contribution in [2.24, 2.45) is 11.8 Å². The fourth-order valence-electron chi connectivity index (χ4n) is 6.28. The van der Waals surface area contributed by atoms with Crippen LogP contribution in [-0.2, 0) is 34.5 Å². The van der Waals surface area contributed by atoms with E-state index in [1.807, 2.05) is 18.2 Å². The molecule has 0 bridgehead atoms. The van der Waals surface area contributed by atoms with Crippen molar-refractivity contribution in [2.45, 2.75) is 69.5 Å². The van der Waals surface area contributed by atoms with Gasteiger partial charge >= 0.3 is 11.9 Å². The van der Waals surface area contributed by atoms with Gasteiger partial charge in [0.2, 0.25) is 10.0 Å². The van der Waals surface area contributed by atoms with E-state index in [4.69, 9.17) is 9.47 Å². The first-order valence-electron chi connectivity index (χ1n) is 14.2. The van der Waals surface area contributed by atoms with Crippen LogP contribution in [0.5, 0.6) is 0 Å². The highest BCUT2D eigenvalue weighted by atomic mass is 32.2. The van der Waals surface area contributed by atoms with Gasteiger partial charge in [0.05, 0.1) is 4.90 Å². The molecule has 2 aromatic carbocycles. The summed E-state index contributed by atoms with van der Waals surface area (Å²) in [5.74, 6) is 0.466. The lowest BCUT2D eigenvalue weighted by Crippen LogP contribution is -2.44. The van der Waals surface area contributed by atoms with Crippen molar-refractivity contribution in [1.29, 1.82) is 0 Å². The van der Waals surface area contributed by atoms with E-state index in [9.17, 15) is 18.0 Å². The number of piperidine rings is 1. The van der Waals surface area contributed by atoms with Gasteiger partial charge in [0.1, 0.15) is 0 Å². The van der Waals surface area contributed by atoms with Gasteiger partial charge in [-0.1, -0.05) is 62.2 Å². The zero-order valence-corrected chi connectivity index (χ0v) is 24.9. The molecule has 40 heavy (non-hydrogen) atoms. The highest BCUT2D eigenvalue weighted by molar-refractivity contribution is 7.89. The minimum absolute atomic E-state index is 0.113. The average molecular weight is 571 g/mol. The SMILES string of the molecule is CC(=O)OC(OC(C)=O)c1ccc(S(=O)(=O)N(C)CC(C)(CCN2CCC3CCCC3C2)c2ccccc2)cc1. The van der Waals surface area contributed by atoms with E-state index in [0.717, 1.165) is 43.5 Å². The first-order chi connectivity index (χ1) is 19.0. The number of esters is 2. The minimum atomic E-state index is -3.82. The molecule has 0 radical (unpaired) electrons. The van der Waals surface area contributed by atoms with Gasteiger partial charge < -0.3 is 14.4 Å². The number of likely N-dealkylation sites (N-methyl/N-ethyl adjacent to an activating group) is 1. The van der Waals surface area contributed by atoms with Crippen molar-refractivity contribution in [3.05, 3.63) is 65.7 Å². The van der Waals surface area contributed by atoms with Crippen LogP contribution in [0.3, 0.4) is 0 Å². The Balaban J connectivity index is 1.49. The summed E-state index contributed by atoms with van der Waals surface area (Å²) in [5.41, 5.74) is 1.10. The van der Waals surface area contributed by atoms with Gasteiger partial charge in [0.15, 0.2) is 0 Å². The number of fused-ring (bicyclic) bond motifs is 1. The molecule has 2 aromatic rings. The molecule has 1 aliphatic carbocycles. The van der Waals surface area contributed by atoms with Gasteiger partial charge in [-0.3, -0.25) is 9.59 Å². The summed E-state index contributed by atoms with van der Waals surface area (Å²) in [6, 6.07) is 16.1. The first-order valence-corrected chi connectivity index (χ1v) is 15.6. The average Bonchev–Trinajstić information content (AvgIpc) is 3.40. The van der Waals surface area contributed by atoms with Crippen molar-refractivity contribution in [3.63, 3.8) is 0 Å². The molecule has 218 valence electrons. The van der Waals surface area contributed by atoms with E-state index < -0.39 is 28.3 Å². The Hall–Kier alpha value is -2.75. The number of ether oxygens (including phenoxy) is 2. The topological polar surface area (TPSA) is 93.2 Å². The zero-order valence-electron chi connectivity index (χ0n) is 24.0. The molecule has 1 heterocycles. The summed E-state index contributed by atoms with van der Waals surface area (Å²) in [6.45, 7) is 8.11. The zero-order chi connectivity index (χ0) is 28.9. The molecule has 9 heteroatoms. The van der Waals surface area contributed by atoms with Crippen LogP contribution in [0, 0.1) is 11.8 Å². The molecule has 1 aliphatic heterocycles. The third kappa shape index (κ3) is 7.30. The molecular weight excluding hydrogens is 528 g/mol. The molecule has 3 unspecified atom stereocenters. The molecule has 0 spiro atoms. The van der Waals surface area contributed by atoms with Gasteiger partial charge in [-0.2, -0.15) is 0 Å². The molecule has 0 N–H and O–H groups in total. The van der Waals surface area contributed by atoms with E-state index >= 15 is 0 Å². The van der Waals surface area contributed by atoms with E-state index in [0.29, 0.717) is 12.1 Å². The van der Waals surface area contributed by atoms with Crippen LogP contribution in [0.4, 0.5) is 0 Å². The van der Waals surface area contributed by atoms with Gasteiger partial charge in [-0.25, -0.2) is 12.7 Å². The lowest BCUT2D eigenvalue weighted by atomic mass is 9.78. The molecule has 1 saturated carbocycles. The number of likely N-dealkylation sites (tertiary alicyclic amines) is 1. The molecule has 2 fully saturated rings. The number of carbonyl (C=O) groups is 2. The van der Waals surface area contributed by atoms with Crippen molar-refractivity contribution < 1.29 is 27.5 Å². The summed E-state index contributed by atoms with van der Waals surface area (Å²) >= 11 is 0. The Morgan fingerprint density at radius 2 is 1.60 bits per heavy atom. The van der Waals surface area contributed by atoms with Crippen molar-refractivity contribution in [2.75, 3.05) is 33.2 Å². The minimum Gasteiger partial charge on any atom is -0.421 e. The maximum atomic E-state index is 13.7. The summed E-state index contributed by atoms with van der Waals surface area (Å²) in [6.07, 6.45) is 4.94. The van der Waals surface area contributed by atoms with Crippen LogP contribution in [0.25, 0.3) is 0 Å². The Kier molecular flexibility index (Phi) is 9.69. The lowest BCUT2D eigenvalue weighted by molar-refractivity contribution is -0.186. The number of nitrogens with zero attached hydrogens (tertiary/aromatic N) is 2. The van der Waals surface area contributed by atoms with Gasteiger partial charge in [-0.15, -0.1) is 0 Å².